The molecule has 1 fully saturated rings. The Morgan fingerprint density at radius 1 is 1.57 bits per heavy atom. The van der Waals surface area contributed by atoms with Gasteiger partial charge in [-0.25, -0.2) is 0 Å². The van der Waals surface area contributed by atoms with Crippen LogP contribution < -0.4 is 11.1 Å². The fraction of sp³-hybridized carbons (Fsp3) is 0.500. The van der Waals surface area contributed by atoms with Crippen molar-refractivity contribution in [1.82, 2.24) is 10.2 Å². The molecule has 0 spiro atoms. The van der Waals surface area contributed by atoms with Crippen molar-refractivity contribution >= 4 is 17.3 Å². The van der Waals surface area contributed by atoms with Crippen LogP contribution in [0.15, 0.2) is 18.2 Å². The van der Waals surface area contributed by atoms with E-state index in [1.54, 1.807) is 0 Å². The summed E-state index contributed by atoms with van der Waals surface area (Å²) in [6, 6.07) is 5.06. The molecule has 114 valence electrons. The predicted octanol–water partition coefficient (Wildman–Crippen LogP) is 1.39. The van der Waals surface area contributed by atoms with Crippen LogP contribution in [0.5, 0.6) is 0 Å². The number of rotatable bonds is 6. The Morgan fingerprint density at radius 3 is 2.81 bits per heavy atom. The van der Waals surface area contributed by atoms with Gasteiger partial charge in [-0.15, -0.1) is 0 Å². The molecule has 1 unspecified atom stereocenters. The summed E-state index contributed by atoms with van der Waals surface area (Å²) in [6.45, 7) is 2.52. The lowest BCUT2D eigenvalue weighted by molar-refractivity contribution is -0.383. The van der Waals surface area contributed by atoms with Crippen molar-refractivity contribution in [1.29, 1.82) is 0 Å². The Kier molecular flexibility index (Phi) is 4.42. The number of nitro groups is 1. The number of nitrogens with one attached hydrogen (secondary N) is 1. The summed E-state index contributed by atoms with van der Waals surface area (Å²) in [7, 11) is 2.04. The molecule has 21 heavy (non-hydrogen) atoms. The molecule has 0 radical (unpaired) electrons. The highest BCUT2D eigenvalue weighted by molar-refractivity contribution is 6.00. The van der Waals surface area contributed by atoms with Gasteiger partial charge in [0.25, 0.3) is 11.6 Å². The number of carbonyl (C=O) groups excluding carboxylic acids is 1. The zero-order valence-electron chi connectivity index (χ0n) is 12.2. The number of amides is 1. The molecule has 7 heteroatoms. The predicted molar refractivity (Wildman–Crippen MR) is 80.1 cm³/mol. The molecule has 1 aromatic rings. The van der Waals surface area contributed by atoms with Crippen molar-refractivity contribution in [3.05, 3.63) is 33.9 Å². The maximum absolute atomic E-state index is 12.1. The van der Waals surface area contributed by atoms with Crippen LogP contribution in [-0.4, -0.2) is 41.4 Å². The molecular weight excluding hydrogens is 272 g/mol. The Hall–Kier alpha value is -2.15. The number of likely N-dealkylation sites (N-methyl/N-ethyl adjacent to an activating group) is 1. The molecule has 1 aliphatic rings. The zero-order valence-corrected chi connectivity index (χ0v) is 12.2. The van der Waals surface area contributed by atoms with Crippen molar-refractivity contribution in [3.8, 4) is 0 Å². The van der Waals surface area contributed by atoms with Crippen LogP contribution in [0.3, 0.4) is 0 Å². The summed E-state index contributed by atoms with van der Waals surface area (Å²) in [4.78, 5) is 24.6. The Morgan fingerprint density at radius 2 is 2.24 bits per heavy atom. The van der Waals surface area contributed by atoms with Crippen molar-refractivity contribution in [3.63, 3.8) is 0 Å². The zero-order chi connectivity index (χ0) is 15.6. The van der Waals surface area contributed by atoms with E-state index in [1.165, 1.54) is 31.0 Å². The molecule has 0 heterocycles. The molecule has 3 N–H and O–H groups in total. The molecule has 1 aromatic carbocycles. The van der Waals surface area contributed by atoms with Gasteiger partial charge in [-0.3, -0.25) is 19.8 Å². The van der Waals surface area contributed by atoms with Crippen LogP contribution in [0.1, 0.15) is 30.1 Å². The monoisotopic (exact) mass is 292 g/mol. The van der Waals surface area contributed by atoms with E-state index in [9.17, 15) is 14.9 Å². The average molecular weight is 292 g/mol. The summed E-state index contributed by atoms with van der Waals surface area (Å²) in [5.74, 6) is -0.382. The minimum Gasteiger partial charge on any atom is -0.393 e. The first kappa shape index (κ1) is 15.2. The maximum Gasteiger partial charge on any atom is 0.292 e. The highest BCUT2D eigenvalue weighted by atomic mass is 16.6. The normalized spacial score (nSPS) is 15.8. The minimum atomic E-state index is -0.588. The van der Waals surface area contributed by atoms with E-state index in [2.05, 4.69) is 10.2 Å². The van der Waals surface area contributed by atoms with Crippen LogP contribution in [-0.2, 0) is 0 Å². The quantitative estimate of drug-likeness (QED) is 0.468. The third-order valence-corrected chi connectivity index (χ3v) is 3.90. The number of para-hydroxylation sites is 1. The van der Waals surface area contributed by atoms with E-state index < -0.39 is 4.92 Å². The first-order valence-electron chi connectivity index (χ1n) is 6.94. The fourth-order valence-electron chi connectivity index (χ4n) is 2.23. The van der Waals surface area contributed by atoms with Gasteiger partial charge >= 0.3 is 0 Å². The lowest BCUT2D eigenvalue weighted by atomic mass is 10.1. The molecule has 0 aliphatic heterocycles. The molecule has 1 amide bonds. The van der Waals surface area contributed by atoms with Crippen LogP contribution in [0, 0.1) is 10.1 Å². The number of hydrogen-bond donors (Lipinski definition) is 2. The molecular formula is C14H20N4O3. The largest absolute Gasteiger partial charge is 0.393 e. The Labute approximate surface area is 123 Å². The molecule has 7 nitrogen and oxygen atoms in total. The third kappa shape index (κ3) is 3.49. The van der Waals surface area contributed by atoms with Crippen LogP contribution >= 0.6 is 0 Å². The van der Waals surface area contributed by atoms with Gasteiger partial charge in [0.1, 0.15) is 5.69 Å². The van der Waals surface area contributed by atoms with Crippen LogP contribution in [0.2, 0.25) is 0 Å². The second-order valence-corrected chi connectivity index (χ2v) is 5.45. The number of hydrogen-bond acceptors (Lipinski definition) is 5. The Bertz CT molecular complexity index is 557. The number of nitrogens with zero attached hydrogens (tertiary/aromatic N) is 2. The summed E-state index contributed by atoms with van der Waals surface area (Å²) in [5.41, 5.74) is 5.50. The van der Waals surface area contributed by atoms with Crippen molar-refractivity contribution in [2.45, 2.75) is 31.8 Å². The standard InChI is InChI=1S/C14H20N4O3/c1-9(17(2)10-6-7-10)8-16-14(19)11-4-3-5-12(13(11)15)18(20)21/h3-5,9-10H,6-8,15H2,1-2H3,(H,16,19). The first-order valence-corrected chi connectivity index (χ1v) is 6.94. The van der Waals surface area contributed by atoms with Gasteiger partial charge in [0, 0.05) is 24.7 Å². The van der Waals surface area contributed by atoms with E-state index in [0.29, 0.717) is 12.6 Å². The summed E-state index contributed by atoms with van der Waals surface area (Å²) in [6.07, 6.45) is 2.40. The molecule has 1 saturated carbocycles. The van der Waals surface area contributed by atoms with Gasteiger partial charge in [-0.05, 0) is 32.9 Å². The second kappa shape index (κ2) is 6.09. The van der Waals surface area contributed by atoms with Gasteiger partial charge in [-0.1, -0.05) is 6.07 Å². The van der Waals surface area contributed by atoms with Gasteiger partial charge in [0.05, 0.1) is 10.5 Å². The highest BCUT2D eigenvalue weighted by Gasteiger charge is 2.29. The molecule has 0 saturated heterocycles. The highest BCUT2D eigenvalue weighted by Crippen LogP contribution is 2.27. The van der Waals surface area contributed by atoms with Gasteiger partial charge in [0.2, 0.25) is 0 Å². The lowest BCUT2D eigenvalue weighted by Crippen LogP contribution is -2.41. The summed E-state index contributed by atoms with van der Waals surface area (Å²) >= 11 is 0. The molecule has 2 rings (SSSR count). The van der Waals surface area contributed by atoms with Gasteiger partial charge < -0.3 is 11.1 Å². The number of nitrogens with two attached hydrogens (primary N) is 1. The number of benzene rings is 1. The summed E-state index contributed by atoms with van der Waals surface area (Å²) < 4.78 is 0. The number of anilines is 1. The molecule has 1 aliphatic carbocycles. The first-order chi connectivity index (χ1) is 9.91. The fourth-order valence-corrected chi connectivity index (χ4v) is 2.23. The van der Waals surface area contributed by atoms with Crippen LogP contribution in [0.4, 0.5) is 11.4 Å². The van der Waals surface area contributed by atoms with E-state index in [4.69, 9.17) is 5.73 Å². The number of nitro benzene ring substituents is 1. The topological polar surface area (TPSA) is 101 Å². The third-order valence-electron chi connectivity index (χ3n) is 3.90. The molecule has 0 aromatic heterocycles. The Balaban J connectivity index is 2.00. The van der Waals surface area contributed by atoms with Crippen LogP contribution in [0.25, 0.3) is 0 Å². The van der Waals surface area contributed by atoms with Crippen molar-refractivity contribution < 1.29 is 9.72 Å². The van der Waals surface area contributed by atoms with Gasteiger partial charge in [-0.2, -0.15) is 0 Å². The van der Waals surface area contributed by atoms with Gasteiger partial charge in [0.15, 0.2) is 0 Å². The smallest absolute Gasteiger partial charge is 0.292 e. The lowest BCUT2D eigenvalue weighted by Gasteiger charge is -2.24. The van der Waals surface area contributed by atoms with E-state index in [0.717, 1.165) is 0 Å². The maximum atomic E-state index is 12.1. The minimum absolute atomic E-state index is 0.0943. The number of carbonyl (C=O) groups is 1. The second-order valence-electron chi connectivity index (χ2n) is 5.45. The SMILES string of the molecule is CC(CNC(=O)c1cccc([N+](=O)[O-])c1N)N(C)C1CC1. The van der Waals surface area contributed by atoms with E-state index >= 15 is 0 Å². The summed E-state index contributed by atoms with van der Waals surface area (Å²) in [5, 5.41) is 13.6. The van der Waals surface area contributed by atoms with Crippen molar-refractivity contribution in [2.24, 2.45) is 0 Å². The number of nitrogen functional groups attached to an aromatic ring is 1. The average Bonchev–Trinajstić information content (AvgIpc) is 3.28. The van der Waals surface area contributed by atoms with E-state index in [-0.39, 0.29) is 28.9 Å². The molecule has 1 atom stereocenters. The molecule has 0 bridgehead atoms. The van der Waals surface area contributed by atoms with Crippen molar-refractivity contribution in [2.75, 3.05) is 19.3 Å². The van der Waals surface area contributed by atoms with E-state index in [1.807, 2.05) is 14.0 Å².